The fourth-order valence-corrected chi connectivity index (χ4v) is 3.82. The molecule has 0 unspecified atom stereocenters. The van der Waals surface area contributed by atoms with Gasteiger partial charge in [0.25, 0.3) is 0 Å². The van der Waals surface area contributed by atoms with E-state index in [1.165, 1.54) is 0 Å². The Bertz CT molecular complexity index is 1060. The molecule has 26 heavy (non-hydrogen) atoms. The largest absolute Gasteiger partial charge is 0.496 e. The molecule has 0 saturated heterocycles. The zero-order valence-electron chi connectivity index (χ0n) is 14.3. The van der Waals surface area contributed by atoms with Gasteiger partial charge < -0.3 is 10.5 Å². The second kappa shape index (κ2) is 7.19. The van der Waals surface area contributed by atoms with Gasteiger partial charge in [-0.15, -0.1) is 10.2 Å². The Balaban J connectivity index is 1.78. The van der Waals surface area contributed by atoms with Crippen LogP contribution in [0.3, 0.4) is 0 Å². The van der Waals surface area contributed by atoms with Crippen LogP contribution < -0.4 is 10.5 Å². The molecule has 0 atom stereocenters. The van der Waals surface area contributed by atoms with Crippen LogP contribution in [0.15, 0.2) is 76.7 Å². The van der Waals surface area contributed by atoms with Crippen molar-refractivity contribution in [3.63, 3.8) is 0 Å². The number of benzene rings is 2. The molecule has 4 aromatic rings. The Hall–Kier alpha value is -2.83. The minimum Gasteiger partial charge on any atom is -0.496 e. The number of aromatic nitrogens is 3. The second-order valence-corrected chi connectivity index (χ2v) is 6.85. The lowest BCUT2D eigenvalue weighted by Gasteiger charge is -2.09. The van der Waals surface area contributed by atoms with E-state index in [9.17, 15) is 0 Å². The van der Waals surface area contributed by atoms with E-state index in [1.54, 1.807) is 18.9 Å². The highest BCUT2D eigenvalue weighted by Gasteiger charge is 2.13. The third-order valence-electron chi connectivity index (χ3n) is 4.14. The summed E-state index contributed by atoms with van der Waals surface area (Å²) in [7, 11) is 1.66. The van der Waals surface area contributed by atoms with Gasteiger partial charge in [-0.1, -0.05) is 42.1 Å². The number of rotatable bonds is 5. The molecule has 0 fully saturated rings. The first-order chi connectivity index (χ1) is 12.8. The number of methoxy groups -OCH3 is 1. The Morgan fingerprint density at radius 3 is 2.65 bits per heavy atom. The van der Waals surface area contributed by atoms with Crippen molar-refractivity contribution in [1.29, 1.82) is 0 Å². The zero-order chi connectivity index (χ0) is 17.9. The molecule has 2 aromatic heterocycles. The zero-order valence-corrected chi connectivity index (χ0v) is 15.1. The van der Waals surface area contributed by atoms with Crippen LogP contribution in [0.4, 0.5) is 0 Å². The van der Waals surface area contributed by atoms with E-state index < -0.39 is 0 Å². The van der Waals surface area contributed by atoms with Gasteiger partial charge in [-0.25, -0.2) is 0 Å². The van der Waals surface area contributed by atoms with Gasteiger partial charge in [0.15, 0.2) is 11.5 Å². The van der Waals surface area contributed by atoms with Gasteiger partial charge in [0.2, 0.25) is 0 Å². The first kappa shape index (κ1) is 16.6. The minimum atomic E-state index is 0.518. The molecule has 4 rings (SSSR count). The van der Waals surface area contributed by atoms with Gasteiger partial charge in [-0.2, -0.15) is 0 Å². The number of nitrogens with two attached hydrogens (primary N) is 1. The Labute approximate surface area is 155 Å². The molecule has 0 radical (unpaired) electrons. The summed E-state index contributed by atoms with van der Waals surface area (Å²) in [5.41, 5.74) is 8.69. The average Bonchev–Trinajstić information content (AvgIpc) is 3.11. The number of pyridine rings is 1. The third kappa shape index (κ3) is 3.05. The fourth-order valence-electron chi connectivity index (χ4n) is 2.84. The van der Waals surface area contributed by atoms with Crippen LogP contribution in [0.1, 0.15) is 5.56 Å². The van der Waals surface area contributed by atoms with Crippen molar-refractivity contribution in [2.45, 2.75) is 16.3 Å². The SMILES string of the molecule is COc1ccccc1-c1nnc2ccc(Sc3ccccc3CN)cn12. The maximum absolute atomic E-state index is 5.86. The average molecular weight is 362 g/mol. The number of para-hydroxylation sites is 1. The van der Waals surface area contributed by atoms with Crippen LogP contribution in [0, 0.1) is 0 Å². The standard InChI is InChI=1S/C20H18N4OS/c1-25-17-8-4-3-7-16(17)20-23-22-19-11-10-15(13-24(19)20)26-18-9-5-2-6-14(18)12-21/h2-11,13H,12,21H2,1H3. The van der Waals surface area contributed by atoms with E-state index in [-0.39, 0.29) is 0 Å². The quantitative estimate of drug-likeness (QED) is 0.581. The van der Waals surface area contributed by atoms with Crippen molar-refractivity contribution in [2.75, 3.05) is 7.11 Å². The van der Waals surface area contributed by atoms with Gasteiger partial charge in [-0.3, -0.25) is 4.40 Å². The number of hydrogen-bond acceptors (Lipinski definition) is 5. The summed E-state index contributed by atoms with van der Waals surface area (Å²) in [6.07, 6.45) is 2.05. The van der Waals surface area contributed by atoms with Crippen LogP contribution in [-0.2, 0) is 6.54 Å². The first-order valence-electron chi connectivity index (χ1n) is 8.24. The lowest BCUT2D eigenvalue weighted by Crippen LogP contribution is -1.98. The predicted octanol–water partition coefficient (Wildman–Crippen LogP) is 4.01. The molecule has 2 heterocycles. The molecule has 130 valence electrons. The van der Waals surface area contributed by atoms with Crippen LogP contribution in [0.2, 0.25) is 0 Å². The maximum Gasteiger partial charge on any atom is 0.172 e. The summed E-state index contributed by atoms with van der Waals surface area (Å²) in [6, 6.07) is 20.0. The van der Waals surface area contributed by atoms with Gasteiger partial charge in [0, 0.05) is 22.5 Å². The summed E-state index contributed by atoms with van der Waals surface area (Å²) in [6.45, 7) is 0.518. The highest BCUT2D eigenvalue weighted by Crippen LogP contribution is 2.33. The summed E-state index contributed by atoms with van der Waals surface area (Å²) >= 11 is 1.68. The van der Waals surface area contributed by atoms with Crippen LogP contribution >= 0.6 is 11.8 Å². The fraction of sp³-hybridized carbons (Fsp3) is 0.100. The van der Waals surface area contributed by atoms with Crippen molar-refractivity contribution >= 4 is 17.4 Å². The predicted molar refractivity (Wildman–Crippen MR) is 103 cm³/mol. The lowest BCUT2D eigenvalue weighted by molar-refractivity contribution is 0.416. The molecule has 0 amide bonds. The van der Waals surface area contributed by atoms with Gasteiger partial charge in [0.05, 0.1) is 12.7 Å². The number of hydrogen-bond donors (Lipinski definition) is 1. The van der Waals surface area contributed by atoms with Crippen molar-refractivity contribution in [3.8, 4) is 17.1 Å². The molecule has 6 heteroatoms. The molecule has 0 aliphatic rings. The van der Waals surface area contributed by atoms with Crippen molar-refractivity contribution in [2.24, 2.45) is 5.73 Å². The highest BCUT2D eigenvalue weighted by molar-refractivity contribution is 7.99. The molecule has 0 saturated carbocycles. The smallest absolute Gasteiger partial charge is 0.172 e. The number of ether oxygens (including phenoxy) is 1. The van der Waals surface area contributed by atoms with E-state index >= 15 is 0 Å². The molecule has 5 nitrogen and oxygen atoms in total. The van der Waals surface area contributed by atoms with E-state index in [2.05, 4.69) is 28.5 Å². The molecule has 0 spiro atoms. The number of fused-ring (bicyclic) bond motifs is 1. The number of nitrogens with zero attached hydrogens (tertiary/aromatic N) is 3. The maximum atomic E-state index is 5.86. The summed E-state index contributed by atoms with van der Waals surface area (Å²) in [5, 5.41) is 8.64. The molecule has 0 aliphatic carbocycles. The van der Waals surface area contributed by atoms with Gasteiger partial charge in [-0.05, 0) is 35.9 Å². The van der Waals surface area contributed by atoms with Gasteiger partial charge in [0.1, 0.15) is 5.75 Å². The van der Waals surface area contributed by atoms with Crippen molar-refractivity contribution < 1.29 is 4.74 Å². The lowest BCUT2D eigenvalue weighted by atomic mass is 10.2. The Kier molecular flexibility index (Phi) is 4.60. The normalized spacial score (nSPS) is 11.0. The first-order valence-corrected chi connectivity index (χ1v) is 9.06. The Morgan fingerprint density at radius 1 is 1.00 bits per heavy atom. The highest BCUT2D eigenvalue weighted by atomic mass is 32.2. The minimum absolute atomic E-state index is 0.518. The van der Waals surface area contributed by atoms with E-state index in [0.717, 1.165) is 38.1 Å². The third-order valence-corrected chi connectivity index (χ3v) is 5.24. The summed E-state index contributed by atoms with van der Waals surface area (Å²) in [4.78, 5) is 2.25. The van der Waals surface area contributed by atoms with E-state index in [0.29, 0.717) is 6.54 Å². The summed E-state index contributed by atoms with van der Waals surface area (Å²) < 4.78 is 7.47. The molecule has 2 aromatic carbocycles. The van der Waals surface area contributed by atoms with Crippen molar-refractivity contribution in [3.05, 3.63) is 72.4 Å². The van der Waals surface area contributed by atoms with Crippen LogP contribution in [0.5, 0.6) is 5.75 Å². The molecule has 2 N–H and O–H groups in total. The topological polar surface area (TPSA) is 65.4 Å². The Morgan fingerprint density at radius 2 is 1.81 bits per heavy atom. The summed E-state index contributed by atoms with van der Waals surface area (Å²) in [5.74, 6) is 1.53. The molecular formula is C20H18N4OS. The van der Waals surface area contributed by atoms with Gasteiger partial charge >= 0.3 is 0 Å². The van der Waals surface area contributed by atoms with E-state index in [4.69, 9.17) is 10.5 Å². The second-order valence-electron chi connectivity index (χ2n) is 5.73. The molecule has 0 bridgehead atoms. The van der Waals surface area contributed by atoms with Crippen LogP contribution in [0.25, 0.3) is 17.0 Å². The molecular weight excluding hydrogens is 344 g/mol. The van der Waals surface area contributed by atoms with E-state index in [1.807, 2.05) is 52.9 Å². The van der Waals surface area contributed by atoms with Crippen LogP contribution in [-0.4, -0.2) is 21.7 Å². The monoisotopic (exact) mass is 362 g/mol. The molecule has 0 aliphatic heterocycles. The van der Waals surface area contributed by atoms with Crippen molar-refractivity contribution in [1.82, 2.24) is 14.6 Å².